The molecule has 2 amide bonds. The molecule has 0 aliphatic heterocycles. The fourth-order valence-corrected chi connectivity index (χ4v) is 2.07. The van der Waals surface area contributed by atoms with Gasteiger partial charge in [0.1, 0.15) is 5.82 Å². The molecule has 26 heavy (non-hydrogen) atoms. The Balaban J connectivity index is 1.88. The van der Waals surface area contributed by atoms with Gasteiger partial charge >= 0.3 is 6.09 Å². The highest BCUT2D eigenvalue weighted by atomic mass is 32.1. The van der Waals surface area contributed by atoms with Crippen molar-refractivity contribution in [2.75, 3.05) is 17.2 Å². The van der Waals surface area contributed by atoms with Gasteiger partial charge in [-0.15, -0.1) is 0 Å². The van der Waals surface area contributed by atoms with Crippen molar-refractivity contribution >= 4 is 40.7 Å². The maximum atomic E-state index is 12.9. The van der Waals surface area contributed by atoms with Gasteiger partial charge in [0, 0.05) is 16.9 Å². The Bertz CT molecular complexity index is 799. The summed E-state index contributed by atoms with van der Waals surface area (Å²) in [6, 6.07) is 11.9. The van der Waals surface area contributed by atoms with Crippen LogP contribution in [0, 0.1) is 5.82 Å². The Kier molecular flexibility index (Phi) is 6.86. The molecule has 0 bridgehead atoms. The first-order valence-electron chi connectivity index (χ1n) is 7.64. The topological polar surface area (TPSA) is 91.5 Å². The second kappa shape index (κ2) is 9.33. The first-order chi connectivity index (χ1) is 12.5. The molecule has 0 fully saturated rings. The van der Waals surface area contributed by atoms with Crippen LogP contribution in [0.25, 0.3) is 0 Å². The van der Waals surface area contributed by atoms with E-state index >= 15 is 0 Å². The van der Waals surface area contributed by atoms with Crippen molar-refractivity contribution < 1.29 is 18.7 Å². The fraction of sp³-hybridized carbons (Fsp3) is 0.118. The number of carbonyl (C=O) groups excluding carboxylic acids is 2. The van der Waals surface area contributed by atoms with E-state index in [2.05, 4.69) is 21.5 Å². The normalized spacial score (nSPS) is 9.77. The minimum atomic E-state index is -0.604. The Morgan fingerprint density at radius 2 is 1.77 bits per heavy atom. The van der Waals surface area contributed by atoms with Crippen LogP contribution in [0.1, 0.15) is 17.3 Å². The summed E-state index contributed by atoms with van der Waals surface area (Å²) in [4.78, 5) is 23.6. The first kappa shape index (κ1) is 19.1. The van der Waals surface area contributed by atoms with Gasteiger partial charge in [-0.05, 0) is 61.6 Å². The lowest BCUT2D eigenvalue weighted by Crippen LogP contribution is -2.43. The zero-order valence-corrected chi connectivity index (χ0v) is 14.7. The number of hydrazine groups is 1. The van der Waals surface area contributed by atoms with Crippen LogP contribution in [0.15, 0.2) is 48.5 Å². The van der Waals surface area contributed by atoms with E-state index < -0.39 is 12.0 Å². The number of ether oxygens (including phenoxy) is 1. The van der Waals surface area contributed by atoms with Crippen LogP contribution in [0.5, 0.6) is 0 Å². The molecule has 0 aliphatic rings. The number of thiocarbonyl (C=S) groups is 1. The molecule has 0 aliphatic carbocycles. The van der Waals surface area contributed by atoms with E-state index in [1.807, 2.05) is 0 Å². The van der Waals surface area contributed by atoms with Crippen LogP contribution in [0.2, 0.25) is 0 Å². The van der Waals surface area contributed by atoms with E-state index in [-0.39, 0.29) is 17.5 Å². The maximum absolute atomic E-state index is 12.9. The van der Waals surface area contributed by atoms with Gasteiger partial charge in [0.15, 0.2) is 5.11 Å². The number of carbonyl (C=O) groups is 2. The summed E-state index contributed by atoms with van der Waals surface area (Å²) in [6.45, 7) is 1.94. The van der Waals surface area contributed by atoms with Crippen molar-refractivity contribution in [3.8, 4) is 0 Å². The van der Waals surface area contributed by atoms with Crippen LogP contribution in [-0.2, 0) is 4.74 Å². The molecule has 0 unspecified atom stereocenters. The van der Waals surface area contributed by atoms with Crippen LogP contribution in [0.4, 0.5) is 20.6 Å². The predicted octanol–water partition coefficient (Wildman–Crippen LogP) is 3.03. The van der Waals surface area contributed by atoms with Crippen LogP contribution in [-0.4, -0.2) is 23.7 Å². The summed E-state index contributed by atoms with van der Waals surface area (Å²) in [7, 11) is 0. The highest BCUT2D eigenvalue weighted by Crippen LogP contribution is 2.11. The highest BCUT2D eigenvalue weighted by Gasteiger charge is 2.08. The average molecular weight is 376 g/mol. The standard InChI is InChI=1S/C17H17FN4O3S/c1-2-25-17(24)20-14-5-3-4-11(10-14)15(23)21-22-16(26)19-13-8-6-12(18)7-9-13/h3-10H,2H2,1H3,(H,20,24)(H,21,23)(H2,19,22,26). The predicted molar refractivity (Wildman–Crippen MR) is 100 cm³/mol. The van der Waals surface area contributed by atoms with E-state index in [1.165, 1.54) is 30.3 Å². The summed E-state index contributed by atoms with van der Waals surface area (Å²) in [6.07, 6.45) is -0.604. The van der Waals surface area contributed by atoms with Gasteiger partial charge in [-0.3, -0.25) is 21.0 Å². The van der Waals surface area contributed by atoms with Crippen molar-refractivity contribution in [2.24, 2.45) is 0 Å². The molecule has 0 saturated heterocycles. The second-order valence-corrected chi connectivity index (χ2v) is 5.37. The van der Waals surface area contributed by atoms with Gasteiger partial charge in [0.25, 0.3) is 5.91 Å². The van der Waals surface area contributed by atoms with Crippen molar-refractivity contribution in [3.63, 3.8) is 0 Å². The molecular formula is C17H17FN4O3S. The third-order valence-electron chi connectivity index (χ3n) is 3.04. The van der Waals surface area contributed by atoms with Gasteiger partial charge < -0.3 is 10.1 Å². The maximum Gasteiger partial charge on any atom is 0.411 e. The van der Waals surface area contributed by atoms with Crippen LogP contribution < -0.4 is 21.5 Å². The number of rotatable bonds is 4. The van der Waals surface area contributed by atoms with E-state index in [4.69, 9.17) is 17.0 Å². The molecule has 9 heteroatoms. The largest absolute Gasteiger partial charge is 0.450 e. The minimum Gasteiger partial charge on any atom is -0.450 e. The zero-order chi connectivity index (χ0) is 18.9. The summed E-state index contributed by atoms with van der Waals surface area (Å²) >= 11 is 5.04. The fourth-order valence-electron chi connectivity index (χ4n) is 1.90. The van der Waals surface area contributed by atoms with Crippen molar-refractivity contribution in [2.45, 2.75) is 6.92 Å². The molecule has 4 N–H and O–H groups in total. The number of hydrogen-bond acceptors (Lipinski definition) is 4. The van der Waals surface area contributed by atoms with Crippen molar-refractivity contribution in [3.05, 3.63) is 59.9 Å². The number of halogens is 1. The molecule has 2 aromatic carbocycles. The Labute approximate surface area is 154 Å². The summed E-state index contributed by atoms with van der Waals surface area (Å²) < 4.78 is 17.6. The zero-order valence-electron chi connectivity index (χ0n) is 13.8. The molecule has 0 saturated carbocycles. The second-order valence-electron chi connectivity index (χ2n) is 4.97. The third kappa shape index (κ3) is 6.02. The molecular weight excluding hydrogens is 359 g/mol. The molecule has 0 aromatic heterocycles. The molecule has 136 valence electrons. The lowest BCUT2D eigenvalue weighted by Gasteiger charge is -2.12. The van der Waals surface area contributed by atoms with Crippen LogP contribution in [0.3, 0.4) is 0 Å². The molecule has 0 atom stereocenters. The monoisotopic (exact) mass is 376 g/mol. The Hall–Kier alpha value is -3.20. The Morgan fingerprint density at radius 1 is 1.04 bits per heavy atom. The molecule has 0 spiro atoms. The molecule has 2 aromatic rings. The number of anilines is 2. The summed E-state index contributed by atoms with van der Waals surface area (Å²) in [5, 5.41) is 5.43. The number of nitrogens with one attached hydrogen (secondary N) is 4. The third-order valence-corrected chi connectivity index (χ3v) is 3.24. The highest BCUT2D eigenvalue weighted by molar-refractivity contribution is 7.80. The van der Waals surface area contributed by atoms with Gasteiger partial charge in [0.2, 0.25) is 0 Å². The minimum absolute atomic E-state index is 0.130. The van der Waals surface area contributed by atoms with Gasteiger partial charge in [-0.1, -0.05) is 6.07 Å². The lowest BCUT2D eigenvalue weighted by atomic mass is 10.2. The summed E-state index contributed by atoms with van der Waals surface area (Å²) in [5.74, 6) is -0.820. The number of benzene rings is 2. The molecule has 2 rings (SSSR count). The van der Waals surface area contributed by atoms with Gasteiger partial charge in [0.05, 0.1) is 6.61 Å². The van der Waals surface area contributed by atoms with E-state index in [0.29, 0.717) is 16.9 Å². The molecule has 0 heterocycles. The van der Waals surface area contributed by atoms with E-state index in [9.17, 15) is 14.0 Å². The molecule has 0 radical (unpaired) electrons. The smallest absolute Gasteiger partial charge is 0.411 e. The summed E-state index contributed by atoms with van der Waals surface area (Å²) in [5.41, 5.74) is 6.26. The van der Waals surface area contributed by atoms with Gasteiger partial charge in [-0.2, -0.15) is 0 Å². The van der Waals surface area contributed by atoms with Crippen LogP contribution >= 0.6 is 12.2 Å². The van der Waals surface area contributed by atoms with Crippen molar-refractivity contribution in [1.29, 1.82) is 0 Å². The number of amides is 2. The Morgan fingerprint density at radius 3 is 2.46 bits per heavy atom. The van der Waals surface area contributed by atoms with Crippen molar-refractivity contribution in [1.82, 2.24) is 10.9 Å². The number of hydrogen-bond donors (Lipinski definition) is 4. The van der Waals surface area contributed by atoms with E-state index in [1.54, 1.807) is 25.1 Å². The average Bonchev–Trinajstić information content (AvgIpc) is 2.62. The van der Waals surface area contributed by atoms with Gasteiger partial charge in [-0.25, -0.2) is 9.18 Å². The first-order valence-corrected chi connectivity index (χ1v) is 8.05. The SMILES string of the molecule is CCOC(=O)Nc1cccc(C(=O)NNC(=S)Nc2ccc(F)cc2)c1. The lowest BCUT2D eigenvalue weighted by molar-refractivity contribution is 0.0944. The quantitative estimate of drug-likeness (QED) is 0.484. The van der Waals surface area contributed by atoms with E-state index in [0.717, 1.165) is 0 Å². The molecule has 7 nitrogen and oxygen atoms in total.